The normalized spacial score (nSPS) is 24.2. The fourth-order valence-electron chi connectivity index (χ4n) is 3.15. The minimum Gasteiger partial charge on any atom is -0.547 e. The number of aliphatic hydroxyl groups excluding tert-OH is 4. The summed E-state index contributed by atoms with van der Waals surface area (Å²) >= 11 is 0. The second-order valence-electron chi connectivity index (χ2n) is 6.94. The van der Waals surface area contributed by atoms with Gasteiger partial charge in [0, 0.05) is 23.9 Å². The van der Waals surface area contributed by atoms with E-state index in [1.807, 2.05) is 0 Å². The van der Waals surface area contributed by atoms with E-state index in [1.54, 1.807) is 13.0 Å². The molecular formula is C19H19NaO11. The van der Waals surface area contributed by atoms with Crippen molar-refractivity contribution in [1.29, 1.82) is 0 Å². The van der Waals surface area contributed by atoms with E-state index in [1.165, 1.54) is 18.2 Å². The first-order valence-corrected chi connectivity index (χ1v) is 8.91. The van der Waals surface area contributed by atoms with Crippen LogP contribution in [-0.2, 0) is 14.3 Å². The van der Waals surface area contributed by atoms with Gasteiger partial charge in [-0.2, -0.15) is 0 Å². The minimum atomic E-state index is -2.44. The van der Waals surface area contributed by atoms with Gasteiger partial charge in [0.15, 0.2) is 0 Å². The average Bonchev–Trinajstić information content (AvgIpc) is 2.67. The molecule has 1 aromatic carbocycles. The molecule has 0 radical (unpaired) electrons. The molecule has 11 nitrogen and oxygen atoms in total. The zero-order valence-electron chi connectivity index (χ0n) is 16.6. The fourth-order valence-corrected chi connectivity index (χ4v) is 3.15. The molecule has 1 fully saturated rings. The number of carboxylic acids is 1. The topological polar surface area (TPSA) is 187 Å². The first-order valence-electron chi connectivity index (χ1n) is 8.91. The molecule has 0 spiro atoms. The van der Waals surface area contributed by atoms with Crippen molar-refractivity contribution in [1.82, 2.24) is 0 Å². The molecular weight excluding hydrogens is 427 g/mol. The number of ketones is 1. The van der Waals surface area contributed by atoms with Gasteiger partial charge in [-0.3, -0.25) is 4.79 Å². The van der Waals surface area contributed by atoms with Gasteiger partial charge in [-0.25, -0.2) is 4.79 Å². The standard InChI is InChI=1S/C19H20O11.Na/c1-7-4-13(22)29-12-5-8(2-3-9(7)12)28-19-11(21)6-10(20)17(30-19)15(24)14(23)16(25)18(26)27;/h2-5,10,14-17,19-20,23-25H,6H2,1H3,(H,26,27);/q;+1/p-1/t10-,14+,15-,16+,17+,19?;/m1./s1. The van der Waals surface area contributed by atoms with Crippen LogP contribution in [0, 0.1) is 6.92 Å². The van der Waals surface area contributed by atoms with Crippen LogP contribution >= 0.6 is 0 Å². The van der Waals surface area contributed by atoms with Gasteiger partial charge in [0.25, 0.3) is 6.29 Å². The molecule has 3 rings (SSSR count). The Balaban J connectivity index is 0.00000341. The van der Waals surface area contributed by atoms with Gasteiger partial charge >= 0.3 is 35.2 Å². The molecule has 4 N–H and O–H groups in total. The Kier molecular flexibility index (Phi) is 8.36. The summed E-state index contributed by atoms with van der Waals surface area (Å²) in [5.74, 6) is -2.65. The summed E-state index contributed by atoms with van der Waals surface area (Å²) in [5, 5.41) is 50.5. The van der Waals surface area contributed by atoms with Gasteiger partial charge in [0.05, 0.1) is 12.1 Å². The molecule has 0 bridgehead atoms. The van der Waals surface area contributed by atoms with E-state index >= 15 is 0 Å². The van der Waals surface area contributed by atoms with Crippen LogP contribution in [0.2, 0.25) is 0 Å². The Morgan fingerprint density at radius 2 is 1.90 bits per heavy atom. The number of hydrogen-bond acceptors (Lipinski definition) is 11. The maximum atomic E-state index is 12.2. The summed E-state index contributed by atoms with van der Waals surface area (Å²) in [7, 11) is 0. The van der Waals surface area contributed by atoms with Gasteiger partial charge in [-0.15, -0.1) is 0 Å². The summed E-state index contributed by atoms with van der Waals surface area (Å²) in [5.41, 5.74) is 0.295. The van der Waals surface area contributed by atoms with Gasteiger partial charge < -0.3 is 44.2 Å². The third-order valence-corrected chi connectivity index (χ3v) is 4.75. The van der Waals surface area contributed by atoms with Gasteiger partial charge in [0.1, 0.15) is 35.7 Å². The molecule has 12 heteroatoms. The largest absolute Gasteiger partial charge is 1.00 e. The van der Waals surface area contributed by atoms with Crippen LogP contribution in [0.25, 0.3) is 11.0 Å². The molecule has 0 amide bonds. The van der Waals surface area contributed by atoms with Crippen molar-refractivity contribution in [2.75, 3.05) is 0 Å². The molecule has 1 aromatic heterocycles. The van der Waals surface area contributed by atoms with Crippen LogP contribution in [0.1, 0.15) is 12.0 Å². The number of aryl methyl sites for hydroxylation is 1. The maximum Gasteiger partial charge on any atom is 1.00 e. The number of fused-ring (bicyclic) bond motifs is 1. The number of rotatable bonds is 6. The van der Waals surface area contributed by atoms with E-state index in [0.717, 1.165) is 0 Å². The van der Waals surface area contributed by atoms with Crippen molar-refractivity contribution in [3.05, 3.63) is 40.2 Å². The smallest absolute Gasteiger partial charge is 0.547 e. The average molecular weight is 446 g/mol. The zero-order valence-corrected chi connectivity index (χ0v) is 18.6. The number of ether oxygens (including phenoxy) is 2. The summed E-state index contributed by atoms with van der Waals surface area (Å²) in [6.45, 7) is 1.72. The molecule has 1 unspecified atom stereocenters. The van der Waals surface area contributed by atoms with Gasteiger partial charge in [-0.05, 0) is 24.6 Å². The third-order valence-electron chi connectivity index (χ3n) is 4.75. The molecule has 0 aliphatic carbocycles. The van der Waals surface area contributed by atoms with Crippen molar-refractivity contribution in [3.8, 4) is 5.75 Å². The molecule has 1 aliphatic heterocycles. The zero-order chi connectivity index (χ0) is 22.2. The first kappa shape index (κ1) is 25.4. The molecule has 2 aromatic rings. The van der Waals surface area contributed by atoms with Crippen molar-refractivity contribution in [2.24, 2.45) is 0 Å². The van der Waals surface area contributed by atoms with Crippen LogP contribution in [0.15, 0.2) is 33.5 Å². The van der Waals surface area contributed by atoms with Gasteiger partial charge in [-0.1, -0.05) is 0 Å². The molecule has 162 valence electrons. The number of benzene rings is 1. The summed E-state index contributed by atoms with van der Waals surface area (Å²) in [4.78, 5) is 34.4. The van der Waals surface area contributed by atoms with Crippen LogP contribution in [0.5, 0.6) is 5.75 Å². The predicted octanol–water partition coefficient (Wildman–Crippen LogP) is -5.64. The fraction of sp³-hybridized carbons (Fsp3) is 0.421. The van der Waals surface area contributed by atoms with E-state index in [-0.39, 0.29) is 40.9 Å². The Morgan fingerprint density at radius 1 is 1.23 bits per heavy atom. The van der Waals surface area contributed by atoms with Crippen LogP contribution in [0.4, 0.5) is 0 Å². The third kappa shape index (κ3) is 5.51. The second kappa shape index (κ2) is 10.2. The number of aliphatic carboxylic acids is 1. The van der Waals surface area contributed by atoms with E-state index in [0.29, 0.717) is 10.9 Å². The molecule has 31 heavy (non-hydrogen) atoms. The molecule has 2 heterocycles. The first-order chi connectivity index (χ1) is 14.1. The Hall–Kier alpha value is -1.83. The monoisotopic (exact) mass is 446 g/mol. The van der Waals surface area contributed by atoms with E-state index in [2.05, 4.69) is 0 Å². The Morgan fingerprint density at radius 3 is 2.55 bits per heavy atom. The number of carbonyl (C=O) groups excluding carboxylic acids is 2. The van der Waals surface area contributed by atoms with E-state index in [9.17, 15) is 39.9 Å². The minimum absolute atomic E-state index is 0. The van der Waals surface area contributed by atoms with Crippen molar-refractivity contribution in [3.63, 3.8) is 0 Å². The summed E-state index contributed by atoms with van der Waals surface area (Å²) < 4.78 is 15.8. The number of carbonyl (C=O) groups is 2. The Bertz CT molecular complexity index is 1020. The van der Waals surface area contributed by atoms with E-state index < -0.39 is 60.6 Å². The predicted molar refractivity (Wildman–Crippen MR) is 95.2 cm³/mol. The Labute approximate surface area is 197 Å². The van der Waals surface area contributed by atoms with Crippen LogP contribution in [0.3, 0.4) is 0 Å². The maximum absolute atomic E-state index is 12.2. The quantitative estimate of drug-likeness (QED) is 0.245. The number of hydrogen-bond donors (Lipinski definition) is 4. The van der Waals surface area contributed by atoms with Crippen molar-refractivity contribution < 1.29 is 78.6 Å². The van der Waals surface area contributed by atoms with Crippen LogP contribution < -0.4 is 45.0 Å². The summed E-state index contributed by atoms with van der Waals surface area (Å²) in [6, 6.07) is 5.75. The summed E-state index contributed by atoms with van der Waals surface area (Å²) in [6.07, 6.45) is -12.1. The second-order valence-corrected chi connectivity index (χ2v) is 6.94. The molecule has 1 saturated heterocycles. The van der Waals surface area contributed by atoms with Crippen molar-refractivity contribution >= 4 is 22.7 Å². The number of aliphatic hydroxyl groups is 4. The van der Waals surface area contributed by atoms with Gasteiger partial charge in [0.2, 0.25) is 5.78 Å². The SMILES string of the molecule is Cc1cc(=O)oc2cc(OC3O[C@H]([C@H](O)[C@H](O)[C@H](O)C(=O)[O-])[C@H](O)CC3=O)ccc12.[Na+]. The molecule has 6 atom stereocenters. The number of carboxylic acid groups (broad SMARTS) is 1. The molecule has 0 saturated carbocycles. The molecule has 1 aliphatic rings. The van der Waals surface area contributed by atoms with Crippen molar-refractivity contribution in [2.45, 2.75) is 50.2 Å². The van der Waals surface area contributed by atoms with E-state index in [4.69, 9.17) is 13.9 Å². The number of Topliss-reactive ketones (excluding diaryl/α,β-unsaturated/α-hetero) is 1. The van der Waals surface area contributed by atoms with Crippen LogP contribution in [-0.4, -0.2) is 69.0 Å².